The first-order valence-corrected chi connectivity index (χ1v) is 6.72. The largest absolute Gasteiger partial charge is 0.490 e. The van der Waals surface area contributed by atoms with Gasteiger partial charge in [0.05, 0.1) is 0 Å². The zero-order chi connectivity index (χ0) is 12.1. The maximum atomic E-state index is 6.06. The van der Waals surface area contributed by atoms with E-state index in [9.17, 15) is 0 Å². The molecule has 17 heavy (non-hydrogen) atoms. The topological polar surface area (TPSA) is 12.5 Å². The second-order valence-corrected chi connectivity index (χ2v) is 5.02. The molecule has 1 aliphatic heterocycles. The van der Waals surface area contributed by atoms with Crippen molar-refractivity contribution in [3.63, 3.8) is 0 Å². The molecule has 0 bridgehead atoms. The lowest BCUT2D eigenvalue weighted by Gasteiger charge is -2.29. The van der Waals surface area contributed by atoms with Crippen LogP contribution in [0.15, 0.2) is 24.3 Å². The number of hydrogen-bond donors (Lipinski definition) is 0. The maximum absolute atomic E-state index is 6.06. The first-order chi connectivity index (χ1) is 8.28. The van der Waals surface area contributed by atoms with Crippen LogP contribution in [0.25, 0.3) is 0 Å². The highest BCUT2D eigenvalue weighted by atomic mass is 16.5. The summed E-state index contributed by atoms with van der Waals surface area (Å²) in [7, 11) is 2.18. The van der Waals surface area contributed by atoms with E-state index in [2.05, 4.69) is 43.1 Å². The van der Waals surface area contributed by atoms with Crippen LogP contribution in [-0.4, -0.2) is 31.1 Å². The van der Waals surface area contributed by atoms with Crippen molar-refractivity contribution in [1.82, 2.24) is 4.90 Å². The van der Waals surface area contributed by atoms with Gasteiger partial charge in [-0.15, -0.1) is 0 Å². The molecule has 1 aromatic rings. The van der Waals surface area contributed by atoms with Crippen molar-refractivity contribution >= 4 is 0 Å². The van der Waals surface area contributed by atoms with Gasteiger partial charge in [-0.1, -0.05) is 25.5 Å². The molecule has 2 heteroatoms. The number of benzene rings is 1. The van der Waals surface area contributed by atoms with Crippen LogP contribution in [0, 0.1) is 0 Å². The number of ether oxygens (including phenoxy) is 1. The van der Waals surface area contributed by atoms with E-state index < -0.39 is 0 Å². The molecule has 1 fully saturated rings. The third-order valence-electron chi connectivity index (χ3n) is 3.41. The van der Waals surface area contributed by atoms with Gasteiger partial charge in [0.15, 0.2) is 0 Å². The van der Waals surface area contributed by atoms with Gasteiger partial charge in [-0.05, 0) is 44.0 Å². The summed E-state index contributed by atoms with van der Waals surface area (Å²) in [5, 5.41) is 0. The highest BCUT2D eigenvalue weighted by Crippen LogP contribution is 2.20. The monoisotopic (exact) mass is 233 g/mol. The van der Waals surface area contributed by atoms with E-state index in [4.69, 9.17) is 4.74 Å². The predicted molar refractivity (Wildman–Crippen MR) is 71.6 cm³/mol. The summed E-state index contributed by atoms with van der Waals surface area (Å²) in [6.07, 6.45) is 5.04. The van der Waals surface area contributed by atoms with Gasteiger partial charge in [0.25, 0.3) is 0 Å². The summed E-state index contributed by atoms with van der Waals surface area (Å²) >= 11 is 0. The zero-order valence-corrected chi connectivity index (χ0v) is 11.0. The van der Waals surface area contributed by atoms with Crippen LogP contribution in [0.2, 0.25) is 0 Å². The molecule has 2 rings (SSSR count). The molecule has 1 saturated heterocycles. The van der Waals surface area contributed by atoms with Crippen molar-refractivity contribution < 1.29 is 4.74 Å². The Bertz CT molecular complexity index is 343. The minimum atomic E-state index is 0.406. The fraction of sp³-hybridized carbons (Fsp3) is 0.600. The van der Waals surface area contributed by atoms with E-state index in [1.807, 2.05) is 0 Å². The Hall–Kier alpha value is -1.02. The van der Waals surface area contributed by atoms with Gasteiger partial charge in [0.1, 0.15) is 11.9 Å². The molecule has 0 saturated carbocycles. The Labute approximate surface area is 105 Å². The van der Waals surface area contributed by atoms with Crippen LogP contribution in [-0.2, 0) is 6.42 Å². The van der Waals surface area contributed by atoms with E-state index >= 15 is 0 Å². The summed E-state index contributed by atoms with van der Waals surface area (Å²) in [6.45, 7) is 4.52. The normalized spacial score (nSPS) is 18.2. The molecule has 0 spiro atoms. The second kappa shape index (κ2) is 6.06. The summed E-state index contributed by atoms with van der Waals surface area (Å²) in [5.74, 6) is 1.05. The Balaban J connectivity index is 1.91. The molecular formula is C15H23NO. The van der Waals surface area contributed by atoms with Crippen LogP contribution in [0.3, 0.4) is 0 Å². The van der Waals surface area contributed by atoms with Gasteiger partial charge in [0, 0.05) is 13.1 Å². The molecule has 0 aromatic heterocycles. The van der Waals surface area contributed by atoms with Gasteiger partial charge in [0.2, 0.25) is 0 Å². The van der Waals surface area contributed by atoms with Crippen molar-refractivity contribution in [2.24, 2.45) is 0 Å². The molecule has 0 radical (unpaired) electrons. The lowest BCUT2D eigenvalue weighted by molar-refractivity contribution is 0.114. The van der Waals surface area contributed by atoms with E-state index in [-0.39, 0.29) is 0 Å². The molecule has 94 valence electrons. The van der Waals surface area contributed by atoms with E-state index in [0.29, 0.717) is 6.10 Å². The Kier molecular flexibility index (Phi) is 4.43. The standard InChI is InChI=1S/C15H23NO/c1-3-5-13-6-4-7-15(12-13)17-14-8-10-16(2)11-9-14/h4,6-7,12,14H,3,5,8-11H2,1-2H3. The highest BCUT2D eigenvalue weighted by Gasteiger charge is 2.17. The molecular weight excluding hydrogens is 210 g/mol. The van der Waals surface area contributed by atoms with Crippen molar-refractivity contribution in [2.75, 3.05) is 20.1 Å². The fourth-order valence-corrected chi connectivity index (χ4v) is 2.36. The number of piperidine rings is 1. The van der Waals surface area contributed by atoms with Crippen molar-refractivity contribution in [3.8, 4) is 5.75 Å². The van der Waals surface area contributed by atoms with Crippen molar-refractivity contribution in [3.05, 3.63) is 29.8 Å². The van der Waals surface area contributed by atoms with Crippen molar-refractivity contribution in [1.29, 1.82) is 0 Å². The van der Waals surface area contributed by atoms with E-state index in [0.717, 1.165) is 38.1 Å². The average molecular weight is 233 g/mol. The molecule has 0 atom stereocenters. The van der Waals surface area contributed by atoms with Crippen LogP contribution >= 0.6 is 0 Å². The number of nitrogens with zero attached hydrogens (tertiary/aromatic N) is 1. The summed E-state index contributed by atoms with van der Waals surface area (Å²) in [5.41, 5.74) is 1.39. The fourth-order valence-electron chi connectivity index (χ4n) is 2.36. The first-order valence-electron chi connectivity index (χ1n) is 6.72. The van der Waals surface area contributed by atoms with Crippen LogP contribution in [0.5, 0.6) is 5.75 Å². The van der Waals surface area contributed by atoms with Gasteiger partial charge >= 0.3 is 0 Å². The maximum Gasteiger partial charge on any atom is 0.119 e. The Morgan fingerprint density at radius 2 is 2.06 bits per heavy atom. The molecule has 1 aliphatic rings. The molecule has 0 N–H and O–H groups in total. The highest BCUT2D eigenvalue weighted by molar-refractivity contribution is 5.28. The second-order valence-electron chi connectivity index (χ2n) is 5.02. The third kappa shape index (κ3) is 3.74. The van der Waals surface area contributed by atoms with Gasteiger partial charge in [-0.3, -0.25) is 0 Å². The van der Waals surface area contributed by atoms with Gasteiger partial charge < -0.3 is 9.64 Å². The number of hydrogen-bond acceptors (Lipinski definition) is 2. The van der Waals surface area contributed by atoms with Crippen LogP contribution in [0.1, 0.15) is 31.7 Å². The molecule has 2 nitrogen and oxygen atoms in total. The molecule has 0 amide bonds. The van der Waals surface area contributed by atoms with E-state index in [1.165, 1.54) is 12.0 Å². The van der Waals surface area contributed by atoms with Crippen LogP contribution < -0.4 is 4.74 Å². The lowest BCUT2D eigenvalue weighted by atomic mass is 10.1. The van der Waals surface area contributed by atoms with Crippen LogP contribution in [0.4, 0.5) is 0 Å². The number of aryl methyl sites for hydroxylation is 1. The Morgan fingerprint density at radius 1 is 1.29 bits per heavy atom. The minimum Gasteiger partial charge on any atom is -0.490 e. The summed E-state index contributed by atoms with van der Waals surface area (Å²) < 4.78 is 6.06. The summed E-state index contributed by atoms with van der Waals surface area (Å²) in [4.78, 5) is 2.37. The van der Waals surface area contributed by atoms with Gasteiger partial charge in [-0.25, -0.2) is 0 Å². The molecule has 1 heterocycles. The smallest absolute Gasteiger partial charge is 0.119 e. The lowest BCUT2D eigenvalue weighted by Crippen LogP contribution is -2.35. The minimum absolute atomic E-state index is 0.406. The summed E-state index contributed by atoms with van der Waals surface area (Å²) in [6, 6.07) is 8.57. The SMILES string of the molecule is CCCc1cccc(OC2CCN(C)CC2)c1. The molecule has 0 unspecified atom stereocenters. The zero-order valence-electron chi connectivity index (χ0n) is 11.0. The molecule has 0 aliphatic carbocycles. The Morgan fingerprint density at radius 3 is 2.76 bits per heavy atom. The predicted octanol–water partition coefficient (Wildman–Crippen LogP) is 3.11. The number of likely N-dealkylation sites (tertiary alicyclic amines) is 1. The number of rotatable bonds is 4. The average Bonchev–Trinajstić information content (AvgIpc) is 2.33. The molecule has 1 aromatic carbocycles. The quantitative estimate of drug-likeness (QED) is 0.792. The van der Waals surface area contributed by atoms with Crippen molar-refractivity contribution in [2.45, 2.75) is 38.7 Å². The third-order valence-corrected chi connectivity index (χ3v) is 3.41. The van der Waals surface area contributed by atoms with E-state index in [1.54, 1.807) is 0 Å². The van der Waals surface area contributed by atoms with Gasteiger partial charge in [-0.2, -0.15) is 0 Å². The first kappa shape index (κ1) is 12.4.